The molecule has 1 aromatic carbocycles. The van der Waals surface area contributed by atoms with E-state index in [1.807, 2.05) is 12.1 Å². The Balaban J connectivity index is 1.75. The number of methoxy groups -OCH3 is 1. The summed E-state index contributed by atoms with van der Waals surface area (Å²) in [5.74, 6) is -0.663. The summed E-state index contributed by atoms with van der Waals surface area (Å²) in [6.07, 6.45) is 4.53. The lowest BCUT2D eigenvalue weighted by molar-refractivity contribution is -0.150. The van der Waals surface area contributed by atoms with Crippen LogP contribution in [-0.4, -0.2) is 19.0 Å². The third-order valence-corrected chi connectivity index (χ3v) is 4.12. The molecule has 3 rings (SSSR count). The summed E-state index contributed by atoms with van der Waals surface area (Å²) in [5, 5.41) is 2.85. The highest BCUT2D eigenvalue weighted by Crippen LogP contribution is 2.47. The lowest BCUT2D eigenvalue weighted by Gasteiger charge is -2.13. The Morgan fingerprint density at radius 3 is 2.63 bits per heavy atom. The SMILES string of the molecule is COC(=O)C1(C(=O)Nc2ccc3c(c2)CCC3)CC1. The molecule has 1 fully saturated rings. The molecule has 0 bridgehead atoms. The molecule has 0 spiro atoms. The molecule has 0 atom stereocenters. The number of amides is 1. The Bertz CT molecular complexity index is 546. The molecule has 0 aliphatic heterocycles. The van der Waals surface area contributed by atoms with E-state index in [2.05, 4.69) is 11.4 Å². The molecule has 100 valence electrons. The van der Waals surface area contributed by atoms with Gasteiger partial charge in [0.2, 0.25) is 5.91 Å². The van der Waals surface area contributed by atoms with Gasteiger partial charge < -0.3 is 10.1 Å². The number of esters is 1. The number of hydrogen-bond donors (Lipinski definition) is 1. The molecule has 0 aromatic heterocycles. The summed E-state index contributed by atoms with van der Waals surface area (Å²) < 4.78 is 4.71. The average molecular weight is 259 g/mol. The topological polar surface area (TPSA) is 55.4 Å². The second-order valence-corrected chi connectivity index (χ2v) is 5.36. The van der Waals surface area contributed by atoms with Crippen molar-refractivity contribution in [3.8, 4) is 0 Å². The molecule has 4 nitrogen and oxygen atoms in total. The minimum atomic E-state index is -0.937. The molecule has 2 aliphatic carbocycles. The number of nitrogens with one attached hydrogen (secondary N) is 1. The lowest BCUT2D eigenvalue weighted by Crippen LogP contribution is -2.32. The number of fused-ring (bicyclic) bond motifs is 1. The predicted molar refractivity (Wildman–Crippen MR) is 70.8 cm³/mol. The lowest BCUT2D eigenvalue weighted by atomic mass is 10.1. The summed E-state index contributed by atoms with van der Waals surface area (Å²) in [6.45, 7) is 0. The first kappa shape index (κ1) is 12.2. The van der Waals surface area contributed by atoms with Crippen molar-refractivity contribution in [2.24, 2.45) is 5.41 Å². The van der Waals surface area contributed by atoms with E-state index in [0.717, 1.165) is 18.5 Å². The van der Waals surface area contributed by atoms with Crippen LogP contribution in [0.4, 0.5) is 5.69 Å². The van der Waals surface area contributed by atoms with Gasteiger partial charge in [-0.05, 0) is 55.4 Å². The van der Waals surface area contributed by atoms with Crippen LogP contribution in [-0.2, 0) is 27.2 Å². The quantitative estimate of drug-likeness (QED) is 0.668. The second kappa shape index (κ2) is 4.37. The van der Waals surface area contributed by atoms with Crippen molar-refractivity contribution in [2.45, 2.75) is 32.1 Å². The zero-order valence-electron chi connectivity index (χ0n) is 11.0. The normalized spacial score (nSPS) is 18.6. The molecule has 1 N–H and O–H groups in total. The largest absolute Gasteiger partial charge is 0.468 e. The fraction of sp³-hybridized carbons (Fsp3) is 0.467. The summed E-state index contributed by atoms with van der Waals surface area (Å²) in [5.41, 5.74) is 2.52. The van der Waals surface area contributed by atoms with E-state index >= 15 is 0 Å². The Labute approximate surface area is 112 Å². The fourth-order valence-corrected chi connectivity index (χ4v) is 2.74. The Morgan fingerprint density at radius 1 is 1.21 bits per heavy atom. The summed E-state index contributed by atoms with van der Waals surface area (Å²) in [7, 11) is 1.32. The molecule has 1 saturated carbocycles. The third kappa shape index (κ3) is 2.01. The van der Waals surface area contributed by atoms with Crippen molar-refractivity contribution >= 4 is 17.6 Å². The molecule has 1 amide bonds. The predicted octanol–water partition coefficient (Wildman–Crippen LogP) is 2.07. The van der Waals surface area contributed by atoms with E-state index in [1.165, 1.54) is 24.7 Å². The van der Waals surface area contributed by atoms with Crippen LogP contribution in [0.1, 0.15) is 30.4 Å². The maximum absolute atomic E-state index is 12.2. The molecule has 19 heavy (non-hydrogen) atoms. The van der Waals surface area contributed by atoms with Gasteiger partial charge in [0.15, 0.2) is 0 Å². The number of hydrogen-bond acceptors (Lipinski definition) is 3. The summed E-state index contributed by atoms with van der Waals surface area (Å²) in [4.78, 5) is 23.8. The van der Waals surface area contributed by atoms with E-state index in [0.29, 0.717) is 12.8 Å². The van der Waals surface area contributed by atoms with Crippen LogP contribution in [0.25, 0.3) is 0 Å². The van der Waals surface area contributed by atoms with E-state index in [1.54, 1.807) is 0 Å². The molecule has 2 aliphatic rings. The number of ether oxygens (including phenoxy) is 1. The first-order valence-electron chi connectivity index (χ1n) is 6.67. The maximum atomic E-state index is 12.2. The minimum absolute atomic E-state index is 0.239. The number of benzene rings is 1. The number of rotatable bonds is 3. The highest BCUT2D eigenvalue weighted by molar-refractivity contribution is 6.11. The van der Waals surface area contributed by atoms with Gasteiger partial charge >= 0.3 is 5.97 Å². The number of carbonyl (C=O) groups is 2. The molecular formula is C15H17NO3. The number of anilines is 1. The Morgan fingerprint density at radius 2 is 1.95 bits per heavy atom. The standard InChI is InChI=1S/C15H17NO3/c1-19-14(18)15(7-8-15)13(17)16-12-6-5-10-3-2-4-11(10)9-12/h5-6,9H,2-4,7-8H2,1H3,(H,16,17). The average Bonchev–Trinajstić information content (AvgIpc) is 3.11. The maximum Gasteiger partial charge on any atom is 0.321 e. The van der Waals surface area contributed by atoms with Crippen molar-refractivity contribution in [1.29, 1.82) is 0 Å². The molecular weight excluding hydrogens is 242 g/mol. The van der Waals surface area contributed by atoms with Crippen molar-refractivity contribution in [1.82, 2.24) is 0 Å². The van der Waals surface area contributed by atoms with E-state index in [9.17, 15) is 9.59 Å². The van der Waals surface area contributed by atoms with E-state index in [4.69, 9.17) is 4.74 Å². The monoisotopic (exact) mass is 259 g/mol. The van der Waals surface area contributed by atoms with Gasteiger partial charge in [-0.15, -0.1) is 0 Å². The van der Waals surface area contributed by atoms with Crippen LogP contribution in [0.5, 0.6) is 0 Å². The Hall–Kier alpha value is -1.84. The zero-order chi connectivity index (χ0) is 13.5. The van der Waals surface area contributed by atoms with E-state index < -0.39 is 11.4 Å². The molecule has 4 heteroatoms. The van der Waals surface area contributed by atoms with Crippen LogP contribution in [0.2, 0.25) is 0 Å². The van der Waals surface area contributed by atoms with Gasteiger partial charge in [0.1, 0.15) is 5.41 Å². The molecule has 0 unspecified atom stereocenters. The third-order valence-electron chi connectivity index (χ3n) is 4.12. The Kier molecular flexibility index (Phi) is 2.81. The zero-order valence-corrected chi connectivity index (χ0v) is 11.0. The van der Waals surface area contributed by atoms with Gasteiger partial charge in [0, 0.05) is 5.69 Å². The van der Waals surface area contributed by atoms with Gasteiger partial charge in [-0.3, -0.25) is 9.59 Å². The summed E-state index contributed by atoms with van der Waals surface area (Å²) >= 11 is 0. The molecule has 1 aromatic rings. The highest BCUT2D eigenvalue weighted by atomic mass is 16.5. The summed E-state index contributed by atoms with van der Waals surface area (Å²) in [6, 6.07) is 6.00. The smallest absolute Gasteiger partial charge is 0.321 e. The van der Waals surface area contributed by atoms with E-state index in [-0.39, 0.29) is 5.91 Å². The van der Waals surface area contributed by atoms with Crippen molar-refractivity contribution in [3.05, 3.63) is 29.3 Å². The van der Waals surface area contributed by atoms with Gasteiger partial charge in [0.25, 0.3) is 0 Å². The van der Waals surface area contributed by atoms with Crippen molar-refractivity contribution in [3.63, 3.8) is 0 Å². The van der Waals surface area contributed by atoms with Crippen LogP contribution >= 0.6 is 0 Å². The van der Waals surface area contributed by atoms with Crippen LogP contribution in [0, 0.1) is 5.41 Å². The van der Waals surface area contributed by atoms with Crippen LogP contribution in [0.3, 0.4) is 0 Å². The second-order valence-electron chi connectivity index (χ2n) is 5.36. The molecule has 0 heterocycles. The fourth-order valence-electron chi connectivity index (χ4n) is 2.74. The van der Waals surface area contributed by atoms with Gasteiger partial charge in [-0.25, -0.2) is 0 Å². The highest BCUT2D eigenvalue weighted by Gasteiger charge is 2.57. The molecule has 0 radical (unpaired) electrons. The van der Waals surface area contributed by atoms with Gasteiger partial charge in [0.05, 0.1) is 7.11 Å². The van der Waals surface area contributed by atoms with Gasteiger partial charge in [-0.2, -0.15) is 0 Å². The van der Waals surface area contributed by atoms with Crippen LogP contribution in [0.15, 0.2) is 18.2 Å². The van der Waals surface area contributed by atoms with Crippen LogP contribution < -0.4 is 5.32 Å². The first-order chi connectivity index (χ1) is 9.15. The number of carbonyl (C=O) groups excluding carboxylic acids is 2. The first-order valence-corrected chi connectivity index (χ1v) is 6.67. The minimum Gasteiger partial charge on any atom is -0.468 e. The van der Waals surface area contributed by atoms with Gasteiger partial charge in [-0.1, -0.05) is 6.07 Å². The molecule has 0 saturated heterocycles. The van der Waals surface area contributed by atoms with Crippen molar-refractivity contribution < 1.29 is 14.3 Å². The number of aryl methyl sites for hydroxylation is 2. The van der Waals surface area contributed by atoms with Crippen molar-refractivity contribution in [2.75, 3.05) is 12.4 Å².